The lowest BCUT2D eigenvalue weighted by Crippen LogP contribution is -2.35. The van der Waals surface area contributed by atoms with E-state index in [1.165, 1.54) is 16.2 Å². The van der Waals surface area contributed by atoms with E-state index in [1.54, 1.807) is 13.0 Å². The predicted octanol–water partition coefficient (Wildman–Crippen LogP) is 5.28. The number of aromatic nitrogens is 1. The van der Waals surface area contributed by atoms with E-state index in [0.29, 0.717) is 55.0 Å². The summed E-state index contributed by atoms with van der Waals surface area (Å²) in [5, 5.41) is 16.6. The molecule has 0 saturated carbocycles. The number of fused-ring (bicyclic) bond motifs is 1. The minimum Gasteiger partial charge on any atom is -0.454 e. The highest BCUT2D eigenvalue weighted by Gasteiger charge is 2.38. The molecular weight excluding hydrogens is 556 g/mol. The first-order valence-corrected chi connectivity index (χ1v) is 14.3. The first kappa shape index (κ1) is 26.2. The number of anilines is 4. The summed E-state index contributed by atoms with van der Waals surface area (Å²) in [6.07, 6.45) is 0. The molecule has 2 aromatic heterocycles. The third kappa shape index (κ3) is 4.30. The standard InChI is InChI=1S/C30H26N6O5S/c1-16-3-8-21-26(41-15-40-21)24(16)36-25-20(13-31)17(2)32-29-22(25)23(34-30(36)38)27(42-29)28(37)33-19-6-4-18(5-7-19)14-35-9-11-39-12-10-35/h3-8H,9-12,14-15H2,1-2H3,(H,33,37)(H,34,38). The van der Waals surface area contributed by atoms with Crippen LogP contribution < -0.4 is 25.0 Å². The number of urea groups is 1. The number of hydrogen-bond donors (Lipinski definition) is 2. The van der Waals surface area contributed by atoms with Gasteiger partial charge in [-0.1, -0.05) is 18.2 Å². The Balaban J connectivity index is 1.26. The van der Waals surface area contributed by atoms with Crippen LogP contribution in [0, 0.1) is 25.2 Å². The normalized spacial score (nSPS) is 15.9. The number of pyridine rings is 1. The molecule has 12 heteroatoms. The minimum atomic E-state index is -0.516. The molecule has 1 fully saturated rings. The number of nitriles is 1. The van der Waals surface area contributed by atoms with Crippen LogP contribution in [0.3, 0.4) is 0 Å². The first-order valence-electron chi connectivity index (χ1n) is 13.5. The van der Waals surface area contributed by atoms with Gasteiger partial charge in [0.25, 0.3) is 5.91 Å². The Kier molecular flexibility index (Phi) is 6.42. The average molecular weight is 583 g/mol. The van der Waals surface area contributed by atoms with Gasteiger partial charge in [-0.3, -0.25) is 14.6 Å². The molecule has 0 bridgehead atoms. The summed E-state index contributed by atoms with van der Waals surface area (Å²) in [6.45, 7) is 7.69. The summed E-state index contributed by atoms with van der Waals surface area (Å²) in [4.78, 5) is 36.6. The summed E-state index contributed by atoms with van der Waals surface area (Å²) >= 11 is 1.17. The van der Waals surface area contributed by atoms with Gasteiger partial charge in [-0.25, -0.2) is 9.78 Å². The van der Waals surface area contributed by atoms with Gasteiger partial charge in [-0.2, -0.15) is 5.26 Å². The van der Waals surface area contributed by atoms with Crippen molar-refractivity contribution >= 4 is 56.2 Å². The molecule has 1 saturated heterocycles. The van der Waals surface area contributed by atoms with Crippen LogP contribution in [0.5, 0.6) is 11.5 Å². The number of carbonyl (C=O) groups is 2. The fourth-order valence-corrected chi connectivity index (χ4v) is 6.64. The quantitative estimate of drug-likeness (QED) is 0.325. The smallest absolute Gasteiger partial charge is 0.331 e. The van der Waals surface area contributed by atoms with E-state index >= 15 is 0 Å². The molecule has 3 amide bonds. The molecule has 2 aromatic carbocycles. The third-order valence-corrected chi connectivity index (χ3v) is 8.71. The molecule has 0 atom stereocenters. The zero-order chi connectivity index (χ0) is 29.0. The first-order chi connectivity index (χ1) is 20.4. The average Bonchev–Trinajstić information content (AvgIpc) is 3.61. The van der Waals surface area contributed by atoms with Crippen LogP contribution in [0.15, 0.2) is 36.4 Å². The maximum Gasteiger partial charge on any atom is 0.331 e. The number of aryl methyl sites for hydroxylation is 2. The molecule has 3 aliphatic heterocycles. The second kappa shape index (κ2) is 10.3. The van der Waals surface area contributed by atoms with E-state index in [1.807, 2.05) is 37.3 Å². The van der Waals surface area contributed by atoms with E-state index in [0.717, 1.165) is 44.0 Å². The van der Waals surface area contributed by atoms with E-state index in [-0.39, 0.29) is 18.3 Å². The van der Waals surface area contributed by atoms with Crippen molar-refractivity contribution in [2.75, 3.05) is 48.6 Å². The molecule has 0 radical (unpaired) electrons. The van der Waals surface area contributed by atoms with Gasteiger partial charge in [0.1, 0.15) is 15.8 Å². The van der Waals surface area contributed by atoms with Crippen molar-refractivity contribution in [3.05, 3.63) is 63.7 Å². The largest absolute Gasteiger partial charge is 0.454 e. The van der Waals surface area contributed by atoms with Gasteiger partial charge >= 0.3 is 6.03 Å². The lowest BCUT2D eigenvalue weighted by molar-refractivity contribution is 0.0342. The van der Waals surface area contributed by atoms with Crippen LogP contribution >= 0.6 is 11.3 Å². The van der Waals surface area contributed by atoms with Gasteiger partial charge in [0.05, 0.1) is 46.9 Å². The van der Waals surface area contributed by atoms with Gasteiger partial charge in [0.15, 0.2) is 11.5 Å². The molecule has 0 unspecified atom stereocenters. The van der Waals surface area contributed by atoms with Crippen LogP contribution in [0.2, 0.25) is 0 Å². The monoisotopic (exact) mass is 582 g/mol. The molecule has 0 aliphatic carbocycles. The lowest BCUT2D eigenvalue weighted by atomic mass is 10.0. The number of thiophene rings is 1. The van der Waals surface area contributed by atoms with Gasteiger partial charge in [0, 0.05) is 25.3 Å². The number of nitrogens with zero attached hydrogens (tertiary/aromatic N) is 4. The highest BCUT2D eigenvalue weighted by Crippen LogP contribution is 2.52. The Morgan fingerprint density at radius 1 is 1.12 bits per heavy atom. The second-order valence-corrected chi connectivity index (χ2v) is 11.3. The van der Waals surface area contributed by atoms with Gasteiger partial charge in [-0.05, 0) is 43.2 Å². The minimum absolute atomic E-state index is 0.0271. The molecule has 212 valence electrons. The van der Waals surface area contributed by atoms with Gasteiger partial charge in [0.2, 0.25) is 6.79 Å². The fraction of sp³-hybridized carbons (Fsp3) is 0.267. The number of amides is 3. The topological polar surface area (TPSA) is 129 Å². The highest BCUT2D eigenvalue weighted by atomic mass is 32.1. The SMILES string of the molecule is Cc1ccc2c(c1N1C(=O)Nc3c(C(=O)Nc4ccc(CN5CCOCC5)cc4)sc4nc(C)c(C#N)c1c34)OCO2. The van der Waals surface area contributed by atoms with E-state index in [9.17, 15) is 14.9 Å². The summed E-state index contributed by atoms with van der Waals surface area (Å²) in [6, 6.07) is 13.1. The zero-order valence-corrected chi connectivity index (χ0v) is 23.8. The Morgan fingerprint density at radius 3 is 2.67 bits per heavy atom. The maximum atomic E-state index is 13.8. The molecule has 4 aromatic rings. The summed E-state index contributed by atoms with van der Waals surface area (Å²) in [5.74, 6) is 0.555. The number of hydrogen-bond acceptors (Lipinski definition) is 9. The number of carbonyl (C=O) groups excluding carboxylic acids is 2. The summed E-state index contributed by atoms with van der Waals surface area (Å²) < 4.78 is 16.7. The Hall–Kier alpha value is -4.70. The van der Waals surface area contributed by atoms with Crippen molar-refractivity contribution in [1.29, 1.82) is 5.26 Å². The van der Waals surface area contributed by atoms with E-state index in [2.05, 4.69) is 26.6 Å². The van der Waals surface area contributed by atoms with Crippen molar-refractivity contribution in [3.8, 4) is 17.6 Å². The molecule has 2 N–H and O–H groups in total. The van der Waals surface area contributed by atoms with Crippen molar-refractivity contribution in [2.24, 2.45) is 0 Å². The van der Waals surface area contributed by atoms with Crippen molar-refractivity contribution < 1.29 is 23.8 Å². The zero-order valence-electron chi connectivity index (χ0n) is 22.9. The second-order valence-electron chi connectivity index (χ2n) is 10.3. The Bertz CT molecular complexity index is 1810. The van der Waals surface area contributed by atoms with Crippen LogP contribution in [-0.2, 0) is 11.3 Å². The van der Waals surface area contributed by atoms with Crippen LogP contribution in [0.4, 0.5) is 27.5 Å². The number of rotatable bonds is 5. The van der Waals surface area contributed by atoms with Crippen molar-refractivity contribution in [2.45, 2.75) is 20.4 Å². The molecule has 7 rings (SSSR count). The van der Waals surface area contributed by atoms with Crippen LogP contribution in [-0.4, -0.2) is 54.9 Å². The molecular formula is C30H26N6O5S. The third-order valence-electron chi connectivity index (χ3n) is 7.63. The number of morpholine rings is 1. The van der Waals surface area contributed by atoms with Crippen molar-refractivity contribution in [1.82, 2.24) is 9.88 Å². The van der Waals surface area contributed by atoms with Gasteiger partial charge in [-0.15, -0.1) is 11.3 Å². The highest BCUT2D eigenvalue weighted by molar-refractivity contribution is 7.21. The molecule has 0 spiro atoms. The number of benzene rings is 2. The van der Waals surface area contributed by atoms with Crippen LogP contribution in [0.25, 0.3) is 10.2 Å². The maximum absolute atomic E-state index is 13.8. The van der Waals surface area contributed by atoms with Gasteiger partial charge < -0.3 is 24.8 Å². The fourth-order valence-electron chi connectivity index (χ4n) is 5.57. The molecule has 11 nitrogen and oxygen atoms in total. The lowest BCUT2D eigenvalue weighted by Gasteiger charge is -2.31. The summed E-state index contributed by atoms with van der Waals surface area (Å²) in [5.41, 5.74) is 4.42. The van der Waals surface area contributed by atoms with Crippen LogP contribution in [0.1, 0.15) is 32.1 Å². The Morgan fingerprint density at radius 2 is 1.90 bits per heavy atom. The van der Waals surface area contributed by atoms with Crippen molar-refractivity contribution in [3.63, 3.8) is 0 Å². The Labute approximate surface area is 245 Å². The predicted molar refractivity (Wildman–Crippen MR) is 158 cm³/mol. The van der Waals surface area contributed by atoms with E-state index in [4.69, 9.17) is 14.2 Å². The number of ether oxygens (including phenoxy) is 3. The molecule has 5 heterocycles. The molecule has 42 heavy (non-hydrogen) atoms. The summed E-state index contributed by atoms with van der Waals surface area (Å²) in [7, 11) is 0. The number of nitrogens with one attached hydrogen (secondary N) is 2. The molecule has 3 aliphatic rings. The van der Waals surface area contributed by atoms with E-state index < -0.39 is 6.03 Å².